The number of ether oxygens (including phenoxy) is 3. The molecule has 0 unspecified atom stereocenters. The molecule has 28 heavy (non-hydrogen) atoms. The highest BCUT2D eigenvalue weighted by atomic mass is 16.5. The van der Waals surface area contributed by atoms with Crippen LogP contribution >= 0.6 is 0 Å². The predicted octanol–water partition coefficient (Wildman–Crippen LogP) is 3.61. The lowest BCUT2D eigenvalue weighted by Gasteiger charge is -2.30. The molecule has 6 heteroatoms. The van der Waals surface area contributed by atoms with Crippen LogP contribution in [0.1, 0.15) is 41.3 Å². The monoisotopic (exact) mass is 383 g/mol. The van der Waals surface area contributed by atoms with Crippen molar-refractivity contribution in [2.45, 2.75) is 25.4 Å². The first-order valence-electron chi connectivity index (χ1n) is 9.40. The second-order valence-corrected chi connectivity index (χ2v) is 6.65. The van der Waals surface area contributed by atoms with Crippen LogP contribution in [0.3, 0.4) is 0 Å². The molecular formula is C22H25NO5. The van der Waals surface area contributed by atoms with Crippen LogP contribution in [0.4, 0.5) is 0 Å². The summed E-state index contributed by atoms with van der Waals surface area (Å²) >= 11 is 0. The van der Waals surface area contributed by atoms with Gasteiger partial charge in [0.15, 0.2) is 11.5 Å². The SMILES string of the molecule is COc1ccc(C(=O)O[C@@H](C(=O)N2CCCCC2)c2ccccc2)cc1OC. The Morgan fingerprint density at radius 1 is 0.893 bits per heavy atom. The molecule has 0 radical (unpaired) electrons. The molecule has 0 bridgehead atoms. The third kappa shape index (κ3) is 4.44. The molecule has 1 amide bonds. The minimum Gasteiger partial charge on any atom is -0.493 e. The number of carbonyl (C=O) groups excluding carboxylic acids is 2. The van der Waals surface area contributed by atoms with Gasteiger partial charge >= 0.3 is 5.97 Å². The number of nitrogens with zero attached hydrogens (tertiary/aromatic N) is 1. The van der Waals surface area contributed by atoms with Gasteiger partial charge in [-0.2, -0.15) is 0 Å². The van der Waals surface area contributed by atoms with Gasteiger partial charge in [-0.15, -0.1) is 0 Å². The summed E-state index contributed by atoms with van der Waals surface area (Å²) in [7, 11) is 3.03. The van der Waals surface area contributed by atoms with Gasteiger partial charge in [-0.05, 0) is 37.5 Å². The number of piperidine rings is 1. The van der Waals surface area contributed by atoms with Gasteiger partial charge in [-0.1, -0.05) is 30.3 Å². The van der Waals surface area contributed by atoms with Gasteiger partial charge < -0.3 is 19.1 Å². The number of amides is 1. The fourth-order valence-electron chi connectivity index (χ4n) is 3.31. The summed E-state index contributed by atoms with van der Waals surface area (Å²) in [5, 5.41) is 0. The Kier molecular flexibility index (Phi) is 6.53. The van der Waals surface area contributed by atoms with E-state index in [4.69, 9.17) is 14.2 Å². The number of esters is 1. The van der Waals surface area contributed by atoms with Crippen LogP contribution in [0.2, 0.25) is 0 Å². The first-order chi connectivity index (χ1) is 13.6. The summed E-state index contributed by atoms with van der Waals surface area (Å²) in [6.07, 6.45) is 2.08. The topological polar surface area (TPSA) is 65.1 Å². The van der Waals surface area contributed by atoms with E-state index in [-0.39, 0.29) is 5.91 Å². The van der Waals surface area contributed by atoms with Crippen molar-refractivity contribution in [1.29, 1.82) is 0 Å². The molecule has 2 aromatic carbocycles. The molecule has 0 spiro atoms. The molecule has 0 aliphatic carbocycles. The van der Waals surface area contributed by atoms with E-state index in [1.54, 1.807) is 35.2 Å². The summed E-state index contributed by atoms with van der Waals surface area (Å²) in [6.45, 7) is 1.38. The zero-order chi connectivity index (χ0) is 19.9. The van der Waals surface area contributed by atoms with Crippen molar-refractivity contribution in [2.75, 3.05) is 27.3 Å². The smallest absolute Gasteiger partial charge is 0.339 e. The molecule has 1 aliphatic rings. The van der Waals surface area contributed by atoms with Crippen molar-refractivity contribution < 1.29 is 23.8 Å². The number of rotatable bonds is 6. The van der Waals surface area contributed by atoms with E-state index in [9.17, 15) is 9.59 Å². The van der Waals surface area contributed by atoms with Crippen molar-refractivity contribution in [2.24, 2.45) is 0 Å². The highest BCUT2D eigenvalue weighted by Crippen LogP contribution is 2.29. The van der Waals surface area contributed by atoms with Crippen molar-refractivity contribution in [3.63, 3.8) is 0 Å². The highest BCUT2D eigenvalue weighted by Gasteiger charge is 2.30. The predicted molar refractivity (Wildman–Crippen MR) is 105 cm³/mol. The molecule has 3 rings (SSSR count). The summed E-state index contributed by atoms with van der Waals surface area (Å²) in [4.78, 5) is 27.7. The molecule has 0 aromatic heterocycles. The van der Waals surface area contributed by atoms with Crippen LogP contribution in [0, 0.1) is 0 Å². The van der Waals surface area contributed by atoms with Crippen LogP contribution in [0.25, 0.3) is 0 Å². The van der Waals surface area contributed by atoms with Gasteiger partial charge in [0.25, 0.3) is 5.91 Å². The first kappa shape index (κ1) is 19.7. The van der Waals surface area contributed by atoms with E-state index in [1.165, 1.54) is 14.2 Å². The third-order valence-electron chi connectivity index (χ3n) is 4.84. The third-order valence-corrected chi connectivity index (χ3v) is 4.84. The minimum atomic E-state index is -0.972. The number of methoxy groups -OCH3 is 2. The summed E-state index contributed by atoms with van der Waals surface area (Å²) in [5.74, 6) is 0.179. The Morgan fingerprint density at radius 3 is 2.21 bits per heavy atom. The molecule has 0 N–H and O–H groups in total. The second-order valence-electron chi connectivity index (χ2n) is 6.65. The fraction of sp³-hybridized carbons (Fsp3) is 0.364. The Bertz CT molecular complexity index is 815. The van der Waals surface area contributed by atoms with E-state index in [0.717, 1.165) is 19.3 Å². The van der Waals surface area contributed by atoms with Crippen LogP contribution in [-0.4, -0.2) is 44.1 Å². The van der Waals surface area contributed by atoms with E-state index in [0.29, 0.717) is 35.7 Å². The van der Waals surface area contributed by atoms with E-state index in [1.807, 2.05) is 18.2 Å². The number of carbonyl (C=O) groups is 2. The normalized spacial score (nSPS) is 14.9. The van der Waals surface area contributed by atoms with Gasteiger partial charge in [0.2, 0.25) is 6.10 Å². The lowest BCUT2D eigenvalue weighted by atomic mass is 10.1. The number of hydrogen-bond acceptors (Lipinski definition) is 5. The molecule has 1 aliphatic heterocycles. The highest BCUT2D eigenvalue weighted by molar-refractivity contribution is 5.93. The maximum atomic E-state index is 13.1. The maximum absolute atomic E-state index is 13.1. The lowest BCUT2D eigenvalue weighted by molar-refractivity contribution is -0.142. The van der Waals surface area contributed by atoms with Crippen LogP contribution in [-0.2, 0) is 9.53 Å². The van der Waals surface area contributed by atoms with Gasteiger partial charge in [-0.3, -0.25) is 4.79 Å². The molecular weight excluding hydrogens is 358 g/mol. The molecule has 2 aromatic rings. The molecule has 1 fully saturated rings. The Labute approximate surface area is 165 Å². The van der Waals surface area contributed by atoms with Crippen molar-refractivity contribution in [1.82, 2.24) is 4.90 Å². The summed E-state index contributed by atoms with van der Waals surface area (Å²) in [6, 6.07) is 13.9. The van der Waals surface area contributed by atoms with Gasteiger partial charge in [0.1, 0.15) is 0 Å². The first-order valence-corrected chi connectivity index (χ1v) is 9.40. The van der Waals surface area contributed by atoms with Gasteiger partial charge in [0, 0.05) is 18.7 Å². The van der Waals surface area contributed by atoms with Gasteiger partial charge in [0.05, 0.1) is 19.8 Å². The number of likely N-dealkylation sites (tertiary alicyclic amines) is 1. The molecule has 148 valence electrons. The second kappa shape index (κ2) is 9.26. The van der Waals surface area contributed by atoms with Crippen molar-refractivity contribution in [3.05, 3.63) is 59.7 Å². The van der Waals surface area contributed by atoms with Gasteiger partial charge in [-0.25, -0.2) is 4.79 Å². The molecule has 0 saturated carbocycles. The lowest BCUT2D eigenvalue weighted by Crippen LogP contribution is -2.40. The molecule has 1 atom stereocenters. The molecule has 6 nitrogen and oxygen atoms in total. The van der Waals surface area contributed by atoms with E-state index >= 15 is 0 Å². The Balaban J connectivity index is 1.84. The molecule has 1 saturated heterocycles. The average molecular weight is 383 g/mol. The maximum Gasteiger partial charge on any atom is 0.339 e. The zero-order valence-corrected chi connectivity index (χ0v) is 16.2. The summed E-state index contributed by atoms with van der Waals surface area (Å²) in [5.41, 5.74) is 0.955. The largest absolute Gasteiger partial charge is 0.493 e. The van der Waals surface area contributed by atoms with E-state index < -0.39 is 12.1 Å². The van der Waals surface area contributed by atoms with Crippen LogP contribution < -0.4 is 9.47 Å². The molecule has 1 heterocycles. The van der Waals surface area contributed by atoms with Crippen LogP contribution in [0.15, 0.2) is 48.5 Å². The zero-order valence-electron chi connectivity index (χ0n) is 16.2. The minimum absolute atomic E-state index is 0.181. The summed E-state index contributed by atoms with van der Waals surface area (Å²) < 4.78 is 16.1. The number of hydrogen-bond donors (Lipinski definition) is 0. The standard InChI is InChI=1S/C22H25NO5/c1-26-18-12-11-17(15-19(18)27-2)22(25)28-20(16-9-5-3-6-10-16)21(24)23-13-7-4-8-14-23/h3,5-6,9-12,15,20H,4,7-8,13-14H2,1-2H3/t20-/m1/s1. The van der Waals surface area contributed by atoms with E-state index in [2.05, 4.69) is 0 Å². The Morgan fingerprint density at radius 2 is 1.57 bits per heavy atom. The number of benzene rings is 2. The van der Waals surface area contributed by atoms with Crippen LogP contribution in [0.5, 0.6) is 11.5 Å². The quantitative estimate of drug-likeness (QED) is 0.713. The average Bonchev–Trinajstić information content (AvgIpc) is 2.77. The Hall–Kier alpha value is -3.02. The van der Waals surface area contributed by atoms with Crippen molar-refractivity contribution in [3.8, 4) is 11.5 Å². The fourth-order valence-corrected chi connectivity index (χ4v) is 3.31. The van der Waals surface area contributed by atoms with Crippen molar-refractivity contribution >= 4 is 11.9 Å².